The predicted octanol–water partition coefficient (Wildman–Crippen LogP) is 4.45. The van der Waals surface area contributed by atoms with Crippen molar-refractivity contribution in [3.05, 3.63) is 100 Å². The zero-order valence-electron chi connectivity index (χ0n) is 23.7. The van der Waals surface area contributed by atoms with Gasteiger partial charge in [0.05, 0.1) is 17.7 Å². The number of aromatic hydroxyl groups is 1. The Labute approximate surface area is 244 Å². The average Bonchev–Trinajstić information content (AvgIpc) is 3.57. The Morgan fingerprint density at radius 2 is 1.69 bits per heavy atom. The number of nitrogens with one attached hydrogen (secondary N) is 2. The van der Waals surface area contributed by atoms with Crippen LogP contribution >= 0.6 is 0 Å². The van der Waals surface area contributed by atoms with E-state index in [-0.39, 0.29) is 46.9 Å². The van der Waals surface area contributed by atoms with E-state index in [2.05, 4.69) is 35.8 Å². The molecule has 0 aromatic heterocycles. The summed E-state index contributed by atoms with van der Waals surface area (Å²) in [6.07, 6.45) is 3.35. The van der Waals surface area contributed by atoms with Gasteiger partial charge < -0.3 is 25.7 Å². The van der Waals surface area contributed by atoms with Crippen molar-refractivity contribution in [2.75, 3.05) is 19.6 Å². The van der Waals surface area contributed by atoms with Crippen LogP contribution < -0.4 is 10.6 Å². The van der Waals surface area contributed by atoms with E-state index < -0.39 is 29.7 Å². The Morgan fingerprint density at radius 3 is 2.36 bits per heavy atom. The van der Waals surface area contributed by atoms with Gasteiger partial charge in [-0.2, -0.15) is 0 Å². The van der Waals surface area contributed by atoms with Gasteiger partial charge in [-0.25, -0.2) is 8.78 Å². The van der Waals surface area contributed by atoms with Crippen molar-refractivity contribution < 1.29 is 28.6 Å². The maximum atomic E-state index is 14.0. The quantitative estimate of drug-likeness (QED) is 0.270. The van der Waals surface area contributed by atoms with Crippen molar-refractivity contribution in [1.29, 1.82) is 0 Å². The standard InChI is InChI=1S/C33H37F2N3O4/c1-2-21-6-5-7-24(14-21)33(10-11-33)36-20-30(40)28(17-22-15-25(34)19-26(35)16-22)37-31(41)23-8-9-29(39)27(18-23)32(42)38-12-3-4-13-38/h5-9,14-16,18-19,28,30,36,39-40H,2-4,10-13,17,20H2,1H3,(H,37,41). The molecule has 2 amide bonds. The molecule has 0 bridgehead atoms. The van der Waals surface area contributed by atoms with Crippen molar-refractivity contribution in [3.63, 3.8) is 0 Å². The number of aliphatic hydroxyl groups excluding tert-OH is 1. The first-order valence-electron chi connectivity index (χ1n) is 14.6. The molecule has 4 N–H and O–H groups in total. The number of hydrogen-bond acceptors (Lipinski definition) is 5. The van der Waals surface area contributed by atoms with E-state index in [1.54, 1.807) is 4.90 Å². The van der Waals surface area contributed by atoms with E-state index in [0.717, 1.165) is 43.7 Å². The van der Waals surface area contributed by atoms with Crippen LogP contribution in [0.5, 0.6) is 5.75 Å². The molecule has 2 aliphatic rings. The largest absolute Gasteiger partial charge is 0.507 e. The number of benzene rings is 3. The molecule has 1 heterocycles. The van der Waals surface area contributed by atoms with Crippen LogP contribution in [0.2, 0.25) is 0 Å². The van der Waals surface area contributed by atoms with Crippen LogP contribution in [-0.4, -0.2) is 58.7 Å². The van der Waals surface area contributed by atoms with Crippen molar-refractivity contribution in [2.24, 2.45) is 0 Å². The molecule has 1 saturated carbocycles. The molecule has 2 atom stereocenters. The lowest BCUT2D eigenvalue weighted by molar-refractivity contribution is 0.0789. The lowest BCUT2D eigenvalue weighted by Crippen LogP contribution is -2.50. The number of hydrogen-bond donors (Lipinski definition) is 4. The summed E-state index contributed by atoms with van der Waals surface area (Å²) in [6.45, 7) is 3.40. The second-order valence-corrected chi connectivity index (χ2v) is 11.4. The molecule has 1 aliphatic heterocycles. The van der Waals surface area contributed by atoms with E-state index in [1.165, 1.54) is 35.9 Å². The Kier molecular flexibility index (Phi) is 8.89. The molecule has 1 aliphatic carbocycles. The third kappa shape index (κ3) is 6.79. The fraction of sp³-hybridized carbons (Fsp3) is 0.394. The molecule has 42 heavy (non-hydrogen) atoms. The van der Waals surface area contributed by atoms with Crippen LogP contribution in [0.15, 0.2) is 60.7 Å². The summed E-state index contributed by atoms with van der Waals surface area (Å²) in [4.78, 5) is 28.0. The van der Waals surface area contributed by atoms with Crippen LogP contribution in [0, 0.1) is 11.6 Å². The SMILES string of the molecule is CCc1cccc(C2(NCC(O)C(Cc3cc(F)cc(F)c3)NC(=O)c3ccc(O)c(C(=O)N4CCCC4)c3)CC2)c1. The van der Waals surface area contributed by atoms with Crippen LogP contribution in [0.4, 0.5) is 8.78 Å². The predicted molar refractivity (Wildman–Crippen MR) is 155 cm³/mol. The van der Waals surface area contributed by atoms with Crippen molar-refractivity contribution in [1.82, 2.24) is 15.5 Å². The summed E-state index contributed by atoms with van der Waals surface area (Å²) in [5.74, 6) is -2.65. The highest BCUT2D eigenvalue weighted by molar-refractivity contribution is 6.01. The van der Waals surface area contributed by atoms with Gasteiger partial charge in [-0.15, -0.1) is 0 Å². The number of phenolic OH excluding ortho intramolecular Hbond substituents is 1. The molecule has 7 nitrogen and oxygen atoms in total. The number of rotatable bonds is 11. The number of phenols is 1. The maximum Gasteiger partial charge on any atom is 0.257 e. The molecule has 0 spiro atoms. The number of likely N-dealkylation sites (tertiary alicyclic amines) is 1. The number of nitrogens with zero attached hydrogens (tertiary/aromatic N) is 1. The highest BCUT2D eigenvalue weighted by Gasteiger charge is 2.44. The number of halogens is 2. The van der Waals surface area contributed by atoms with E-state index in [1.807, 2.05) is 6.07 Å². The van der Waals surface area contributed by atoms with Gasteiger partial charge in [0.25, 0.3) is 11.8 Å². The third-order valence-corrected chi connectivity index (χ3v) is 8.33. The molecule has 9 heteroatoms. The Morgan fingerprint density at radius 1 is 0.976 bits per heavy atom. The van der Waals surface area contributed by atoms with Gasteiger partial charge in [-0.1, -0.05) is 31.2 Å². The lowest BCUT2D eigenvalue weighted by atomic mass is 9.98. The molecule has 1 saturated heterocycles. The zero-order chi connectivity index (χ0) is 29.9. The smallest absolute Gasteiger partial charge is 0.257 e. The van der Waals surface area contributed by atoms with Crippen LogP contribution in [0.25, 0.3) is 0 Å². The second kappa shape index (κ2) is 12.6. The average molecular weight is 578 g/mol. The summed E-state index contributed by atoms with van der Waals surface area (Å²) < 4.78 is 28.0. The number of aliphatic hydroxyl groups is 1. The Balaban J connectivity index is 1.34. The summed E-state index contributed by atoms with van der Waals surface area (Å²) in [6, 6.07) is 14.6. The van der Waals surface area contributed by atoms with E-state index in [0.29, 0.717) is 13.1 Å². The summed E-state index contributed by atoms with van der Waals surface area (Å²) in [5.41, 5.74) is 2.52. The van der Waals surface area contributed by atoms with E-state index >= 15 is 0 Å². The first-order chi connectivity index (χ1) is 20.2. The molecular formula is C33H37F2N3O4. The molecule has 3 aromatic rings. The monoisotopic (exact) mass is 577 g/mol. The highest BCUT2D eigenvalue weighted by Crippen LogP contribution is 2.45. The van der Waals surface area contributed by atoms with Gasteiger partial charge in [-0.05, 0) is 85.5 Å². The fourth-order valence-electron chi connectivity index (χ4n) is 5.68. The van der Waals surface area contributed by atoms with E-state index in [9.17, 15) is 28.6 Å². The summed E-state index contributed by atoms with van der Waals surface area (Å²) in [5, 5.41) is 27.9. The van der Waals surface area contributed by atoms with Crippen molar-refractivity contribution in [2.45, 2.75) is 63.1 Å². The minimum Gasteiger partial charge on any atom is -0.507 e. The number of aryl methyl sites for hydroxylation is 1. The fourth-order valence-corrected chi connectivity index (χ4v) is 5.68. The lowest BCUT2D eigenvalue weighted by Gasteiger charge is -2.27. The summed E-state index contributed by atoms with van der Waals surface area (Å²) in [7, 11) is 0. The first kappa shape index (κ1) is 29.7. The molecule has 2 fully saturated rings. The van der Waals surface area contributed by atoms with Gasteiger partial charge in [0, 0.05) is 36.8 Å². The normalized spacial score (nSPS) is 17.1. The number of carbonyl (C=O) groups excluding carboxylic acids is 2. The second-order valence-electron chi connectivity index (χ2n) is 11.4. The number of carbonyl (C=O) groups is 2. The molecule has 3 aromatic carbocycles. The zero-order valence-corrected chi connectivity index (χ0v) is 23.7. The third-order valence-electron chi connectivity index (χ3n) is 8.33. The van der Waals surface area contributed by atoms with Crippen molar-refractivity contribution >= 4 is 11.8 Å². The molecular weight excluding hydrogens is 540 g/mol. The first-order valence-corrected chi connectivity index (χ1v) is 14.6. The van der Waals surface area contributed by atoms with Gasteiger partial charge in [0.1, 0.15) is 17.4 Å². The van der Waals surface area contributed by atoms with Gasteiger partial charge >= 0.3 is 0 Å². The molecule has 2 unspecified atom stereocenters. The van der Waals surface area contributed by atoms with Gasteiger partial charge in [0.15, 0.2) is 0 Å². The maximum absolute atomic E-state index is 14.0. The highest BCUT2D eigenvalue weighted by atomic mass is 19.1. The van der Waals surface area contributed by atoms with Crippen LogP contribution in [-0.2, 0) is 18.4 Å². The minimum atomic E-state index is -1.10. The molecule has 0 radical (unpaired) electrons. The topological polar surface area (TPSA) is 102 Å². The van der Waals surface area contributed by atoms with Gasteiger partial charge in [0.2, 0.25) is 0 Å². The van der Waals surface area contributed by atoms with E-state index in [4.69, 9.17) is 0 Å². The summed E-state index contributed by atoms with van der Waals surface area (Å²) >= 11 is 0. The molecule has 5 rings (SSSR count). The van der Waals surface area contributed by atoms with Crippen LogP contribution in [0.1, 0.15) is 70.0 Å². The van der Waals surface area contributed by atoms with Crippen molar-refractivity contribution in [3.8, 4) is 5.75 Å². The molecule has 222 valence electrons. The Hall–Kier alpha value is -3.82. The van der Waals surface area contributed by atoms with Crippen LogP contribution in [0.3, 0.4) is 0 Å². The van der Waals surface area contributed by atoms with Gasteiger partial charge in [-0.3, -0.25) is 9.59 Å². The minimum absolute atomic E-state index is 0.0282. The number of amides is 2. The Bertz CT molecular complexity index is 1430.